The molecule has 0 fully saturated rings. The first-order valence-corrected chi connectivity index (χ1v) is 7.13. The van der Waals surface area contributed by atoms with Crippen LogP contribution >= 0.6 is 0 Å². The number of nitrogens with one attached hydrogen (secondary N) is 1. The third kappa shape index (κ3) is 3.57. The molecule has 1 heteroatoms. The van der Waals surface area contributed by atoms with Crippen LogP contribution in [0.5, 0.6) is 0 Å². The Hall–Kier alpha value is -0.820. The lowest BCUT2D eigenvalue weighted by Gasteiger charge is -2.14. The molecule has 0 aliphatic heterocycles. The Bertz CT molecular complexity index is 357. The fourth-order valence-electron chi connectivity index (χ4n) is 2.70. The topological polar surface area (TPSA) is 12.0 Å². The maximum Gasteiger partial charge on any atom is 0.00791 e. The normalized spacial score (nSPS) is 15.9. The molecule has 1 aliphatic rings. The van der Waals surface area contributed by atoms with E-state index >= 15 is 0 Å². The third-order valence-corrected chi connectivity index (χ3v) is 3.73. The summed E-state index contributed by atoms with van der Waals surface area (Å²) < 4.78 is 0. The van der Waals surface area contributed by atoms with Crippen LogP contribution in [0.4, 0.5) is 0 Å². The van der Waals surface area contributed by atoms with Gasteiger partial charge in [0.05, 0.1) is 0 Å². The molecular formula is C16H25N. The van der Waals surface area contributed by atoms with Crippen molar-refractivity contribution in [3.8, 4) is 0 Å². The lowest BCUT2D eigenvalue weighted by molar-refractivity contribution is 0.531. The Morgan fingerprint density at radius 1 is 1.24 bits per heavy atom. The lowest BCUT2D eigenvalue weighted by atomic mass is 10.0. The number of rotatable bonds is 6. The van der Waals surface area contributed by atoms with Crippen molar-refractivity contribution in [1.82, 2.24) is 5.32 Å². The minimum absolute atomic E-state index is 0.598. The van der Waals surface area contributed by atoms with Crippen molar-refractivity contribution >= 4 is 0 Å². The summed E-state index contributed by atoms with van der Waals surface area (Å²) in [6.45, 7) is 5.69. The summed E-state index contributed by atoms with van der Waals surface area (Å²) in [5.41, 5.74) is 4.69. The zero-order valence-electron chi connectivity index (χ0n) is 11.3. The summed E-state index contributed by atoms with van der Waals surface area (Å²) >= 11 is 0. The molecule has 2 rings (SSSR count). The number of fused-ring (bicyclic) bond motifs is 1. The second-order valence-corrected chi connectivity index (χ2v) is 5.37. The van der Waals surface area contributed by atoms with E-state index in [9.17, 15) is 0 Å². The minimum Gasteiger partial charge on any atom is -0.314 e. The average Bonchev–Trinajstić information content (AvgIpc) is 2.76. The Labute approximate surface area is 106 Å². The number of hydrogen-bond donors (Lipinski definition) is 1. The predicted molar refractivity (Wildman–Crippen MR) is 74.5 cm³/mol. The largest absolute Gasteiger partial charge is 0.314 e. The minimum atomic E-state index is 0.598. The van der Waals surface area contributed by atoms with Gasteiger partial charge in [-0.05, 0) is 62.3 Å². The lowest BCUT2D eigenvalue weighted by Crippen LogP contribution is -2.28. The molecule has 0 radical (unpaired) electrons. The molecule has 1 aromatic carbocycles. The van der Waals surface area contributed by atoms with Gasteiger partial charge in [-0.25, -0.2) is 0 Å². The fourth-order valence-corrected chi connectivity index (χ4v) is 2.70. The van der Waals surface area contributed by atoms with Crippen LogP contribution in [0.15, 0.2) is 18.2 Å². The van der Waals surface area contributed by atoms with Crippen LogP contribution in [-0.2, 0) is 19.3 Å². The van der Waals surface area contributed by atoms with E-state index in [-0.39, 0.29) is 0 Å². The van der Waals surface area contributed by atoms with Gasteiger partial charge >= 0.3 is 0 Å². The highest BCUT2D eigenvalue weighted by Crippen LogP contribution is 2.23. The van der Waals surface area contributed by atoms with E-state index in [0.717, 1.165) is 13.0 Å². The Morgan fingerprint density at radius 2 is 2.06 bits per heavy atom. The Balaban J connectivity index is 1.86. The summed E-state index contributed by atoms with van der Waals surface area (Å²) in [5, 5.41) is 3.60. The SMILES string of the molecule is CCCCNC(C)Cc1ccc2c(c1)CCC2. The molecule has 1 aliphatic carbocycles. The Morgan fingerprint density at radius 3 is 2.88 bits per heavy atom. The van der Waals surface area contributed by atoms with Crippen molar-refractivity contribution in [2.45, 2.75) is 58.4 Å². The molecule has 94 valence electrons. The van der Waals surface area contributed by atoms with Gasteiger partial charge in [0.25, 0.3) is 0 Å². The van der Waals surface area contributed by atoms with Crippen LogP contribution < -0.4 is 5.32 Å². The van der Waals surface area contributed by atoms with Crippen LogP contribution in [0, 0.1) is 0 Å². The zero-order valence-corrected chi connectivity index (χ0v) is 11.3. The first kappa shape index (κ1) is 12.6. The molecule has 0 saturated carbocycles. The Kier molecular flexibility index (Phi) is 4.61. The highest BCUT2D eigenvalue weighted by atomic mass is 14.9. The van der Waals surface area contributed by atoms with Gasteiger partial charge in [-0.15, -0.1) is 0 Å². The zero-order chi connectivity index (χ0) is 12.1. The van der Waals surface area contributed by atoms with Crippen LogP contribution in [0.3, 0.4) is 0 Å². The van der Waals surface area contributed by atoms with Crippen molar-refractivity contribution in [3.05, 3.63) is 34.9 Å². The summed E-state index contributed by atoms with van der Waals surface area (Å²) in [4.78, 5) is 0. The van der Waals surface area contributed by atoms with E-state index in [4.69, 9.17) is 0 Å². The molecule has 0 spiro atoms. The van der Waals surface area contributed by atoms with Gasteiger partial charge in [0.15, 0.2) is 0 Å². The summed E-state index contributed by atoms with van der Waals surface area (Å²) in [5.74, 6) is 0. The van der Waals surface area contributed by atoms with Crippen LogP contribution in [0.2, 0.25) is 0 Å². The summed E-state index contributed by atoms with van der Waals surface area (Å²) in [6, 6.07) is 7.69. The molecule has 1 unspecified atom stereocenters. The smallest absolute Gasteiger partial charge is 0.00791 e. The third-order valence-electron chi connectivity index (χ3n) is 3.73. The maximum absolute atomic E-state index is 3.60. The highest BCUT2D eigenvalue weighted by molar-refractivity contribution is 5.35. The van der Waals surface area contributed by atoms with E-state index < -0.39 is 0 Å². The van der Waals surface area contributed by atoms with Gasteiger partial charge in [0.1, 0.15) is 0 Å². The second-order valence-electron chi connectivity index (χ2n) is 5.37. The molecule has 1 atom stereocenters. The van der Waals surface area contributed by atoms with Gasteiger partial charge in [-0.3, -0.25) is 0 Å². The van der Waals surface area contributed by atoms with Crippen molar-refractivity contribution in [2.24, 2.45) is 0 Å². The van der Waals surface area contributed by atoms with Crippen LogP contribution in [-0.4, -0.2) is 12.6 Å². The van der Waals surface area contributed by atoms with Gasteiger partial charge in [-0.1, -0.05) is 31.5 Å². The molecule has 0 amide bonds. The standard InChI is InChI=1S/C16H25N/c1-3-4-10-17-13(2)11-14-8-9-15-6-5-7-16(15)12-14/h8-9,12-13,17H,3-7,10-11H2,1-2H3. The van der Waals surface area contributed by atoms with E-state index in [2.05, 4.69) is 37.4 Å². The summed E-state index contributed by atoms with van der Waals surface area (Å²) in [7, 11) is 0. The van der Waals surface area contributed by atoms with E-state index in [1.807, 2.05) is 0 Å². The maximum atomic E-state index is 3.60. The van der Waals surface area contributed by atoms with Crippen molar-refractivity contribution in [2.75, 3.05) is 6.54 Å². The number of benzene rings is 1. The predicted octanol–water partition coefficient (Wildman–Crippen LogP) is 3.50. The van der Waals surface area contributed by atoms with Crippen molar-refractivity contribution in [3.63, 3.8) is 0 Å². The summed E-state index contributed by atoms with van der Waals surface area (Å²) in [6.07, 6.45) is 7.66. The molecule has 0 bridgehead atoms. The second kappa shape index (κ2) is 6.20. The molecule has 0 aromatic heterocycles. The van der Waals surface area contributed by atoms with Gasteiger partial charge in [0, 0.05) is 6.04 Å². The average molecular weight is 231 g/mol. The molecule has 1 nitrogen and oxygen atoms in total. The van der Waals surface area contributed by atoms with Crippen molar-refractivity contribution in [1.29, 1.82) is 0 Å². The first-order valence-electron chi connectivity index (χ1n) is 7.13. The van der Waals surface area contributed by atoms with Crippen molar-refractivity contribution < 1.29 is 0 Å². The van der Waals surface area contributed by atoms with E-state index in [0.29, 0.717) is 6.04 Å². The van der Waals surface area contributed by atoms with E-state index in [1.165, 1.54) is 37.7 Å². The molecule has 17 heavy (non-hydrogen) atoms. The van der Waals surface area contributed by atoms with Gasteiger partial charge in [0.2, 0.25) is 0 Å². The number of unbranched alkanes of at least 4 members (excludes halogenated alkanes) is 1. The van der Waals surface area contributed by atoms with Crippen LogP contribution in [0.25, 0.3) is 0 Å². The molecule has 0 heterocycles. The number of aryl methyl sites for hydroxylation is 2. The van der Waals surface area contributed by atoms with Gasteiger partial charge in [-0.2, -0.15) is 0 Å². The first-order chi connectivity index (χ1) is 8.29. The molecule has 0 saturated heterocycles. The fraction of sp³-hybridized carbons (Fsp3) is 0.625. The van der Waals surface area contributed by atoms with E-state index in [1.54, 1.807) is 11.1 Å². The van der Waals surface area contributed by atoms with Gasteiger partial charge < -0.3 is 5.32 Å². The monoisotopic (exact) mass is 231 g/mol. The van der Waals surface area contributed by atoms with Crippen LogP contribution in [0.1, 0.15) is 49.8 Å². The quantitative estimate of drug-likeness (QED) is 0.739. The number of hydrogen-bond acceptors (Lipinski definition) is 1. The molecule has 1 aromatic rings. The highest BCUT2D eigenvalue weighted by Gasteiger charge is 2.11. The molecule has 1 N–H and O–H groups in total. The molecular weight excluding hydrogens is 206 g/mol.